The van der Waals surface area contributed by atoms with Gasteiger partial charge in [0.2, 0.25) is 0 Å². The fourth-order valence-electron chi connectivity index (χ4n) is 2.30. The number of rotatable bonds is 9. The van der Waals surface area contributed by atoms with Gasteiger partial charge >= 0.3 is 0 Å². The van der Waals surface area contributed by atoms with E-state index in [1.807, 2.05) is 0 Å². The summed E-state index contributed by atoms with van der Waals surface area (Å²) in [7, 11) is 0. The SMILES string of the molecule is CCCCCCCCCC[C]1C=CCC1. The lowest BCUT2D eigenvalue weighted by Crippen LogP contribution is -1.89. The molecule has 1 rings (SSSR count). The Labute approximate surface area is 96.2 Å². The van der Waals surface area contributed by atoms with Gasteiger partial charge in [0.1, 0.15) is 0 Å². The van der Waals surface area contributed by atoms with Crippen molar-refractivity contribution in [3.63, 3.8) is 0 Å². The highest BCUT2D eigenvalue weighted by Crippen LogP contribution is 2.25. The van der Waals surface area contributed by atoms with Crippen LogP contribution >= 0.6 is 0 Å². The highest BCUT2D eigenvalue weighted by atomic mass is 14.1. The van der Waals surface area contributed by atoms with Crippen molar-refractivity contribution in [1.29, 1.82) is 0 Å². The third kappa shape index (κ3) is 6.76. The molecule has 0 spiro atoms. The Balaban J connectivity index is 1.75. The summed E-state index contributed by atoms with van der Waals surface area (Å²) in [6.07, 6.45) is 20.2. The molecule has 0 nitrogen and oxygen atoms in total. The molecule has 0 heterocycles. The van der Waals surface area contributed by atoms with E-state index in [2.05, 4.69) is 19.1 Å². The molecule has 0 amide bonds. The van der Waals surface area contributed by atoms with Gasteiger partial charge in [-0.15, -0.1) is 0 Å². The minimum atomic E-state index is 1.30. The number of hydrogen-bond donors (Lipinski definition) is 0. The number of allylic oxidation sites excluding steroid dienone is 2. The van der Waals surface area contributed by atoms with Crippen molar-refractivity contribution in [2.75, 3.05) is 0 Å². The van der Waals surface area contributed by atoms with E-state index in [9.17, 15) is 0 Å². The number of hydrogen-bond acceptors (Lipinski definition) is 0. The first-order valence-electron chi connectivity index (χ1n) is 6.94. The zero-order valence-corrected chi connectivity index (χ0v) is 10.4. The highest BCUT2D eigenvalue weighted by molar-refractivity contribution is 5.15. The van der Waals surface area contributed by atoms with Crippen LogP contribution in [-0.4, -0.2) is 0 Å². The summed E-state index contributed by atoms with van der Waals surface area (Å²) in [4.78, 5) is 0. The van der Waals surface area contributed by atoms with Gasteiger partial charge in [-0.2, -0.15) is 0 Å². The van der Waals surface area contributed by atoms with Crippen LogP contribution in [0.2, 0.25) is 0 Å². The van der Waals surface area contributed by atoms with E-state index in [1.165, 1.54) is 70.6 Å². The Morgan fingerprint density at radius 2 is 1.60 bits per heavy atom. The maximum atomic E-state index is 2.35. The van der Waals surface area contributed by atoms with Crippen LogP contribution < -0.4 is 0 Å². The second kappa shape index (κ2) is 9.00. The molecule has 0 unspecified atom stereocenters. The van der Waals surface area contributed by atoms with Crippen molar-refractivity contribution in [2.45, 2.75) is 77.6 Å². The quantitative estimate of drug-likeness (QED) is 0.441. The summed E-state index contributed by atoms with van der Waals surface area (Å²) in [5.41, 5.74) is 0. The van der Waals surface area contributed by atoms with Crippen LogP contribution in [0, 0.1) is 5.92 Å². The van der Waals surface area contributed by atoms with Gasteiger partial charge in [-0.25, -0.2) is 0 Å². The number of unbranched alkanes of at least 4 members (excludes halogenated alkanes) is 7. The summed E-state index contributed by atoms with van der Waals surface area (Å²) in [5, 5.41) is 0. The van der Waals surface area contributed by atoms with Crippen molar-refractivity contribution in [1.82, 2.24) is 0 Å². The second-order valence-corrected chi connectivity index (χ2v) is 4.82. The molecule has 0 saturated carbocycles. The summed E-state index contributed by atoms with van der Waals surface area (Å²) in [5.74, 6) is 1.70. The van der Waals surface area contributed by atoms with Gasteiger partial charge in [-0.1, -0.05) is 70.4 Å². The van der Waals surface area contributed by atoms with Crippen LogP contribution in [-0.2, 0) is 0 Å². The van der Waals surface area contributed by atoms with Gasteiger partial charge in [-0.3, -0.25) is 0 Å². The Morgan fingerprint density at radius 3 is 2.20 bits per heavy atom. The lowest BCUT2D eigenvalue weighted by atomic mass is 10.00. The molecule has 87 valence electrons. The standard InChI is InChI=1S/C15H27/c1-2-3-4-5-6-7-8-9-12-15-13-10-11-14-15/h10,13H,2-9,11-12,14H2,1H3. The lowest BCUT2D eigenvalue weighted by molar-refractivity contribution is 0.567. The molecule has 0 bridgehead atoms. The van der Waals surface area contributed by atoms with Crippen LogP contribution in [0.1, 0.15) is 77.6 Å². The largest absolute Gasteiger partial charge is 0.0879 e. The Hall–Kier alpha value is -0.260. The zero-order valence-electron chi connectivity index (χ0n) is 10.4. The molecular weight excluding hydrogens is 180 g/mol. The predicted molar refractivity (Wildman–Crippen MR) is 68.8 cm³/mol. The van der Waals surface area contributed by atoms with Crippen LogP contribution in [0.4, 0.5) is 0 Å². The fourth-order valence-corrected chi connectivity index (χ4v) is 2.30. The maximum Gasteiger partial charge on any atom is -0.00243 e. The summed E-state index contributed by atoms with van der Waals surface area (Å²) in [6.45, 7) is 2.28. The Morgan fingerprint density at radius 1 is 0.933 bits per heavy atom. The molecule has 0 aliphatic heterocycles. The van der Waals surface area contributed by atoms with E-state index in [1.54, 1.807) is 5.92 Å². The molecule has 1 radical (unpaired) electrons. The van der Waals surface area contributed by atoms with Crippen LogP contribution in [0.15, 0.2) is 12.2 Å². The van der Waals surface area contributed by atoms with E-state index in [0.29, 0.717) is 0 Å². The second-order valence-electron chi connectivity index (χ2n) is 4.82. The molecule has 1 aliphatic rings. The third-order valence-corrected chi connectivity index (χ3v) is 3.34. The molecule has 0 heteroatoms. The van der Waals surface area contributed by atoms with Crippen molar-refractivity contribution in [3.05, 3.63) is 18.1 Å². The van der Waals surface area contributed by atoms with Crippen LogP contribution in [0.5, 0.6) is 0 Å². The topological polar surface area (TPSA) is 0 Å². The highest BCUT2D eigenvalue weighted by Gasteiger charge is 2.08. The van der Waals surface area contributed by atoms with Gasteiger partial charge in [0.15, 0.2) is 0 Å². The van der Waals surface area contributed by atoms with E-state index in [0.717, 1.165) is 0 Å². The van der Waals surface area contributed by atoms with Gasteiger partial charge in [0.05, 0.1) is 0 Å². The molecule has 0 aromatic rings. The van der Waals surface area contributed by atoms with Gasteiger partial charge in [0, 0.05) is 0 Å². The zero-order chi connectivity index (χ0) is 10.8. The maximum absolute atomic E-state index is 2.35. The molecule has 0 saturated heterocycles. The molecule has 0 atom stereocenters. The van der Waals surface area contributed by atoms with Gasteiger partial charge in [0.25, 0.3) is 0 Å². The smallest absolute Gasteiger partial charge is 0.00243 e. The monoisotopic (exact) mass is 207 g/mol. The van der Waals surface area contributed by atoms with Gasteiger partial charge in [-0.05, 0) is 25.2 Å². The van der Waals surface area contributed by atoms with Crippen molar-refractivity contribution < 1.29 is 0 Å². The Kier molecular flexibility index (Phi) is 7.69. The third-order valence-electron chi connectivity index (χ3n) is 3.34. The fraction of sp³-hybridized carbons (Fsp3) is 0.800. The average molecular weight is 207 g/mol. The minimum absolute atomic E-state index is 1.30. The first kappa shape index (κ1) is 12.8. The van der Waals surface area contributed by atoms with E-state index in [-0.39, 0.29) is 0 Å². The van der Waals surface area contributed by atoms with Crippen molar-refractivity contribution in [3.8, 4) is 0 Å². The summed E-state index contributed by atoms with van der Waals surface area (Å²) in [6, 6.07) is 0. The van der Waals surface area contributed by atoms with Crippen LogP contribution in [0.3, 0.4) is 0 Å². The molecule has 15 heavy (non-hydrogen) atoms. The average Bonchev–Trinajstić information content (AvgIpc) is 2.75. The predicted octanol–water partition coefficient (Wildman–Crippen LogP) is 5.44. The van der Waals surface area contributed by atoms with Gasteiger partial charge < -0.3 is 0 Å². The molecular formula is C15H27. The molecule has 1 aliphatic carbocycles. The molecule has 0 aromatic heterocycles. The minimum Gasteiger partial charge on any atom is -0.0879 e. The molecule has 0 N–H and O–H groups in total. The van der Waals surface area contributed by atoms with Crippen LogP contribution in [0.25, 0.3) is 0 Å². The van der Waals surface area contributed by atoms with E-state index in [4.69, 9.17) is 0 Å². The lowest BCUT2D eigenvalue weighted by Gasteiger charge is -2.06. The van der Waals surface area contributed by atoms with Crippen molar-refractivity contribution in [2.24, 2.45) is 0 Å². The Bertz CT molecular complexity index is 157. The van der Waals surface area contributed by atoms with Crippen molar-refractivity contribution >= 4 is 0 Å². The summed E-state index contributed by atoms with van der Waals surface area (Å²) < 4.78 is 0. The first-order chi connectivity index (χ1) is 7.43. The van der Waals surface area contributed by atoms with E-state index < -0.39 is 0 Å². The molecule has 0 aromatic carbocycles. The summed E-state index contributed by atoms with van der Waals surface area (Å²) >= 11 is 0. The normalized spacial score (nSPS) is 16.3. The molecule has 0 fully saturated rings. The van der Waals surface area contributed by atoms with E-state index >= 15 is 0 Å². The first-order valence-corrected chi connectivity index (χ1v) is 6.94.